The van der Waals surface area contributed by atoms with Gasteiger partial charge in [0.15, 0.2) is 0 Å². The number of nitrogens with zero attached hydrogens (tertiary/aromatic N) is 1. The van der Waals surface area contributed by atoms with Crippen molar-refractivity contribution in [2.75, 3.05) is 13.1 Å². The Bertz CT molecular complexity index is 418. The molecule has 1 fully saturated rings. The molecule has 0 radical (unpaired) electrons. The molecule has 98 valence electrons. The maximum Gasteiger partial charge on any atom is 0.134 e. The summed E-state index contributed by atoms with van der Waals surface area (Å²) in [6, 6.07) is 10.4. The average Bonchev–Trinajstić information content (AvgIpc) is 2.74. The molecule has 1 heterocycles. The van der Waals surface area contributed by atoms with Gasteiger partial charge in [-0.1, -0.05) is 30.3 Å². The van der Waals surface area contributed by atoms with E-state index in [-0.39, 0.29) is 11.5 Å². The van der Waals surface area contributed by atoms with Crippen LogP contribution in [0.5, 0.6) is 0 Å². The van der Waals surface area contributed by atoms with Crippen molar-refractivity contribution in [3.05, 3.63) is 35.9 Å². The van der Waals surface area contributed by atoms with Gasteiger partial charge in [0.2, 0.25) is 0 Å². The molecule has 0 unspecified atom stereocenters. The van der Waals surface area contributed by atoms with Gasteiger partial charge in [-0.05, 0) is 33.3 Å². The first-order valence-electron chi connectivity index (χ1n) is 6.70. The molecule has 0 aliphatic carbocycles. The molecule has 1 aliphatic heterocycles. The van der Waals surface area contributed by atoms with Crippen molar-refractivity contribution in [2.45, 2.75) is 39.2 Å². The number of Topliss-reactive ketones (excluding diaryl/α,β-unsaturated/α-hetero) is 1. The maximum absolute atomic E-state index is 11.9. The van der Waals surface area contributed by atoms with E-state index in [1.165, 1.54) is 5.56 Å². The van der Waals surface area contributed by atoms with Gasteiger partial charge in [-0.25, -0.2) is 0 Å². The smallest absolute Gasteiger partial charge is 0.134 e. The van der Waals surface area contributed by atoms with Crippen LogP contribution in [-0.4, -0.2) is 29.3 Å². The van der Waals surface area contributed by atoms with E-state index in [0.717, 1.165) is 13.1 Å². The summed E-state index contributed by atoms with van der Waals surface area (Å²) >= 11 is 0. The van der Waals surface area contributed by atoms with Crippen LogP contribution in [0.1, 0.15) is 39.2 Å². The molecule has 0 bridgehead atoms. The van der Waals surface area contributed by atoms with Gasteiger partial charge in [0, 0.05) is 30.5 Å². The first-order valence-corrected chi connectivity index (χ1v) is 6.70. The van der Waals surface area contributed by atoms with Crippen LogP contribution in [0.4, 0.5) is 0 Å². The number of rotatable bonds is 2. The van der Waals surface area contributed by atoms with E-state index < -0.39 is 0 Å². The molecule has 2 rings (SSSR count). The fourth-order valence-corrected chi connectivity index (χ4v) is 2.80. The molecule has 0 saturated carbocycles. The van der Waals surface area contributed by atoms with Gasteiger partial charge in [-0.3, -0.25) is 9.69 Å². The number of hydrogen-bond donors (Lipinski definition) is 0. The normalized spacial score (nSPS) is 25.3. The predicted molar refractivity (Wildman–Crippen MR) is 74.7 cm³/mol. The SMILES string of the molecule is CC(=O)[C@@H]1CN(C(C)(C)C)C[C@H]1c1ccccc1. The Morgan fingerprint density at radius 3 is 2.28 bits per heavy atom. The highest BCUT2D eigenvalue weighted by Gasteiger charge is 2.40. The van der Waals surface area contributed by atoms with Gasteiger partial charge in [-0.15, -0.1) is 0 Å². The first kappa shape index (κ1) is 13.3. The second-order valence-corrected chi connectivity index (χ2v) is 6.31. The molecule has 2 heteroatoms. The van der Waals surface area contributed by atoms with E-state index in [0.29, 0.717) is 11.7 Å². The zero-order valence-electron chi connectivity index (χ0n) is 11.8. The second kappa shape index (κ2) is 4.85. The third-order valence-electron chi connectivity index (χ3n) is 4.02. The number of ketones is 1. The van der Waals surface area contributed by atoms with E-state index in [9.17, 15) is 4.79 Å². The number of carbonyl (C=O) groups excluding carboxylic acids is 1. The quantitative estimate of drug-likeness (QED) is 0.798. The van der Waals surface area contributed by atoms with Crippen LogP contribution in [0.15, 0.2) is 30.3 Å². The molecule has 1 aromatic carbocycles. The Kier molecular flexibility index (Phi) is 3.58. The van der Waals surface area contributed by atoms with E-state index in [2.05, 4.69) is 49.9 Å². The molecule has 0 spiro atoms. The molecule has 1 aliphatic rings. The number of likely N-dealkylation sites (tertiary alicyclic amines) is 1. The minimum atomic E-state index is 0.136. The monoisotopic (exact) mass is 245 g/mol. The molecule has 2 nitrogen and oxygen atoms in total. The third-order valence-corrected chi connectivity index (χ3v) is 4.02. The van der Waals surface area contributed by atoms with Crippen molar-refractivity contribution in [1.82, 2.24) is 4.90 Å². The minimum absolute atomic E-state index is 0.136. The summed E-state index contributed by atoms with van der Waals surface area (Å²) in [5.41, 5.74) is 1.43. The van der Waals surface area contributed by atoms with Gasteiger partial charge in [0.1, 0.15) is 5.78 Å². The van der Waals surface area contributed by atoms with Gasteiger partial charge in [-0.2, -0.15) is 0 Å². The summed E-state index contributed by atoms with van der Waals surface area (Å²) in [4.78, 5) is 14.3. The van der Waals surface area contributed by atoms with Gasteiger partial charge in [0.05, 0.1) is 0 Å². The zero-order valence-corrected chi connectivity index (χ0v) is 11.8. The minimum Gasteiger partial charge on any atom is -0.300 e. The van der Waals surface area contributed by atoms with Crippen LogP contribution in [0.25, 0.3) is 0 Å². The lowest BCUT2D eigenvalue weighted by Gasteiger charge is -2.31. The third kappa shape index (κ3) is 2.64. The summed E-state index contributed by atoms with van der Waals surface area (Å²) in [7, 11) is 0. The van der Waals surface area contributed by atoms with Gasteiger partial charge >= 0.3 is 0 Å². The van der Waals surface area contributed by atoms with Crippen LogP contribution in [0.3, 0.4) is 0 Å². The zero-order chi connectivity index (χ0) is 13.3. The second-order valence-electron chi connectivity index (χ2n) is 6.31. The molecule has 0 N–H and O–H groups in total. The summed E-state index contributed by atoms with van der Waals surface area (Å²) in [5.74, 6) is 0.810. The molecular weight excluding hydrogens is 222 g/mol. The van der Waals surface area contributed by atoms with Crippen LogP contribution < -0.4 is 0 Å². The van der Waals surface area contributed by atoms with Crippen molar-refractivity contribution < 1.29 is 4.79 Å². The molecule has 0 aromatic heterocycles. The molecule has 0 amide bonds. The van der Waals surface area contributed by atoms with E-state index in [1.807, 2.05) is 6.07 Å². The highest BCUT2D eigenvalue weighted by molar-refractivity contribution is 5.80. The fourth-order valence-electron chi connectivity index (χ4n) is 2.80. The Morgan fingerprint density at radius 1 is 1.17 bits per heavy atom. The topological polar surface area (TPSA) is 20.3 Å². The molecular formula is C16H23NO. The lowest BCUT2D eigenvalue weighted by atomic mass is 9.87. The number of benzene rings is 1. The summed E-state index contributed by atoms with van der Waals surface area (Å²) in [6.07, 6.45) is 0. The maximum atomic E-state index is 11.9. The Morgan fingerprint density at radius 2 is 1.78 bits per heavy atom. The summed E-state index contributed by atoms with van der Waals surface area (Å²) in [5, 5.41) is 0. The van der Waals surface area contributed by atoms with E-state index >= 15 is 0 Å². The summed E-state index contributed by atoms with van der Waals surface area (Å²) < 4.78 is 0. The number of hydrogen-bond acceptors (Lipinski definition) is 2. The van der Waals surface area contributed by atoms with Crippen LogP contribution >= 0.6 is 0 Å². The Labute approximate surface area is 110 Å². The van der Waals surface area contributed by atoms with Crippen LogP contribution in [0.2, 0.25) is 0 Å². The van der Waals surface area contributed by atoms with Crippen molar-refractivity contribution in [3.63, 3.8) is 0 Å². The van der Waals surface area contributed by atoms with Crippen molar-refractivity contribution >= 4 is 5.78 Å². The Hall–Kier alpha value is -1.15. The highest BCUT2D eigenvalue weighted by Crippen LogP contribution is 2.36. The van der Waals surface area contributed by atoms with E-state index in [1.54, 1.807) is 6.92 Å². The first-order chi connectivity index (χ1) is 8.39. The summed E-state index contributed by atoms with van der Waals surface area (Å²) in [6.45, 7) is 10.3. The molecule has 2 atom stereocenters. The van der Waals surface area contributed by atoms with Crippen molar-refractivity contribution in [1.29, 1.82) is 0 Å². The fraction of sp³-hybridized carbons (Fsp3) is 0.562. The van der Waals surface area contributed by atoms with Gasteiger partial charge < -0.3 is 0 Å². The van der Waals surface area contributed by atoms with Crippen molar-refractivity contribution in [3.8, 4) is 0 Å². The lowest BCUT2D eigenvalue weighted by molar-refractivity contribution is -0.120. The van der Waals surface area contributed by atoms with E-state index in [4.69, 9.17) is 0 Å². The lowest BCUT2D eigenvalue weighted by Crippen LogP contribution is -2.40. The van der Waals surface area contributed by atoms with Gasteiger partial charge in [0.25, 0.3) is 0 Å². The molecule has 1 aromatic rings. The van der Waals surface area contributed by atoms with Crippen LogP contribution in [0, 0.1) is 5.92 Å². The van der Waals surface area contributed by atoms with Crippen molar-refractivity contribution in [2.24, 2.45) is 5.92 Å². The number of carbonyl (C=O) groups is 1. The van der Waals surface area contributed by atoms with Crippen LogP contribution in [-0.2, 0) is 4.79 Å². The highest BCUT2D eigenvalue weighted by atomic mass is 16.1. The molecule has 1 saturated heterocycles. The Balaban J connectivity index is 2.26. The average molecular weight is 245 g/mol. The largest absolute Gasteiger partial charge is 0.300 e. The predicted octanol–water partition coefficient (Wildman–Crippen LogP) is 3.09. The molecule has 18 heavy (non-hydrogen) atoms. The standard InChI is InChI=1S/C16H23NO/c1-12(18)14-10-17(16(2,3)4)11-15(14)13-8-6-5-7-9-13/h5-9,14-15H,10-11H2,1-4H3/t14-,15-/m0/s1.